The molecule has 1 N–H and O–H groups in total. The highest BCUT2D eigenvalue weighted by Gasteiger charge is 2.33. The number of hydrogen-bond acceptors (Lipinski definition) is 4. The van der Waals surface area contributed by atoms with Crippen LogP contribution < -0.4 is 9.62 Å². The van der Waals surface area contributed by atoms with Crippen LogP contribution >= 0.6 is 11.6 Å². The van der Waals surface area contributed by atoms with Crippen molar-refractivity contribution in [2.75, 3.05) is 10.8 Å². The number of nitrogens with zero attached hydrogens (tertiary/aromatic N) is 2. The smallest absolute Gasteiger partial charge is 0.264 e. The molecule has 0 aliphatic carbocycles. The number of anilines is 1. The molecule has 0 fully saturated rings. The molecule has 0 bridgehead atoms. The van der Waals surface area contributed by atoms with Gasteiger partial charge in [0.05, 0.1) is 10.6 Å². The summed E-state index contributed by atoms with van der Waals surface area (Å²) < 4.78 is 29.1. The van der Waals surface area contributed by atoms with Crippen LogP contribution in [0.4, 0.5) is 5.69 Å². The Bertz CT molecular complexity index is 1460. The van der Waals surface area contributed by atoms with Crippen molar-refractivity contribution in [1.82, 2.24) is 10.2 Å². The molecule has 0 saturated carbocycles. The van der Waals surface area contributed by atoms with Gasteiger partial charge in [0.15, 0.2) is 0 Å². The SMILES string of the molecule is CCC(C)NC(=O)C(C)N(Cc1cccc(Cl)c1)C(=O)CN(c1ccc(C)cc1C)S(=O)(=O)c1ccc(C)cc1. The van der Waals surface area contributed by atoms with Gasteiger partial charge >= 0.3 is 0 Å². The zero-order valence-corrected chi connectivity index (χ0v) is 25.5. The molecule has 0 aliphatic heterocycles. The molecular weight excluding hydrogens is 546 g/mol. The Morgan fingerprint density at radius 3 is 2.17 bits per heavy atom. The van der Waals surface area contributed by atoms with Crippen LogP contribution in [-0.2, 0) is 26.2 Å². The maximum Gasteiger partial charge on any atom is 0.264 e. The molecule has 3 rings (SSSR count). The second-order valence-electron chi connectivity index (χ2n) is 10.3. The van der Waals surface area contributed by atoms with Gasteiger partial charge in [0.1, 0.15) is 12.6 Å². The molecule has 0 aromatic heterocycles. The van der Waals surface area contributed by atoms with Gasteiger partial charge in [-0.15, -0.1) is 0 Å². The number of amides is 2. The van der Waals surface area contributed by atoms with E-state index in [9.17, 15) is 18.0 Å². The van der Waals surface area contributed by atoms with E-state index >= 15 is 0 Å². The van der Waals surface area contributed by atoms with E-state index in [4.69, 9.17) is 11.6 Å². The van der Waals surface area contributed by atoms with Gasteiger partial charge in [-0.05, 0) is 82.5 Å². The summed E-state index contributed by atoms with van der Waals surface area (Å²) in [6.07, 6.45) is 0.732. The zero-order chi connectivity index (χ0) is 29.6. The largest absolute Gasteiger partial charge is 0.352 e. The quantitative estimate of drug-likeness (QED) is 0.309. The van der Waals surface area contributed by atoms with Crippen LogP contribution in [0.5, 0.6) is 0 Å². The second-order valence-corrected chi connectivity index (χ2v) is 12.6. The van der Waals surface area contributed by atoms with Gasteiger partial charge < -0.3 is 10.2 Å². The molecule has 9 heteroatoms. The first kappa shape index (κ1) is 31.2. The van der Waals surface area contributed by atoms with E-state index in [1.807, 2.05) is 52.8 Å². The first-order valence-electron chi connectivity index (χ1n) is 13.3. The molecule has 3 aromatic rings. The van der Waals surface area contributed by atoms with Crippen molar-refractivity contribution >= 4 is 39.1 Å². The highest BCUT2D eigenvalue weighted by Crippen LogP contribution is 2.28. The van der Waals surface area contributed by atoms with Crippen LogP contribution in [-0.4, -0.2) is 43.8 Å². The lowest BCUT2D eigenvalue weighted by Gasteiger charge is -2.33. The summed E-state index contributed by atoms with van der Waals surface area (Å²) in [6.45, 7) is 10.7. The Balaban J connectivity index is 2.06. The van der Waals surface area contributed by atoms with Crippen LogP contribution in [0.15, 0.2) is 71.6 Å². The zero-order valence-electron chi connectivity index (χ0n) is 23.9. The molecular formula is C31H38ClN3O4S. The minimum Gasteiger partial charge on any atom is -0.352 e. The van der Waals surface area contributed by atoms with E-state index in [0.717, 1.165) is 27.4 Å². The van der Waals surface area contributed by atoms with Crippen molar-refractivity contribution in [3.8, 4) is 0 Å². The fourth-order valence-corrected chi connectivity index (χ4v) is 6.01. The monoisotopic (exact) mass is 583 g/mol. The third-order valence-corrected chi connectivity index (χ3v) is 8.93. The first-order chi connectivity index (χ1) is 18.8. The number of rotatable bonds is 11. The molecule has 0 radical (unpaired) electrons. The maximum absolute atomic E-state index is 14.0. The molecule has 2 unspecified atom stereocenters. The number of sulfonamides is 1. The molecule has 2 atom stereocenters. The predicted octanol–water partition coefficient (Wildman–Crippen LogP) is 5.79. The molecule has 3 aromatic carbocycles. The van der Waals surface area contributed by atoms with E-state index in [1.54, 1.807) is 43.3 Å². The average Bonchev–Trinajstić information content (AvgIpc) is 2.90. The van der Waals surface area contributed by atoms with Crippen molar-refractivity contribution in [2.45, 2.75) is 71.5 Å². The number of halogens is 1. The van der Waals surface area contributed by atoms with E-state index in [-0.39, 0.29) is 23.4 Å². The first-order valence-corrected chi connectivity index (χ1v) is 15.2. The Labute approximate surface area is 243 Å². The Hall–Kier alpha value is -3.36. The topological polar surface area (TPSA) is 86.8 Å². The summed E-state index contributed by atoms with van der Waals surface area (Å²) in [5.41, 5.74) is 3.73. The van der Waals surface area contributed by atoms with Gasteiger partial charge in [0.2, 0.25) is 11.8 Å². The van der Waals surface area contributed by atoms with E-state index in [1.165, 1.54) is 17.0 Å². The normalized spacial score (nSPS) is 12.9. The van der Waals surface area contributed by atoms with Crippen LogP contribution in [0.1, 0.15) is 49.4 Å². The summed E-state index contributed by atoms with van der Waals surface area (Å²) in [7, 11) is -4.12. The Morgan fingerprint density at radius 1 is 0.925 bits per heavy atom. The van der Waals surface area contributed by atoms with Crippen LogP contribution in [0.3, 0.4) is 0 Å². The third-order valence-electron chi connectivity index (χ3n) is 6.92. The van der Waals surface area contributed by atoms with Crippen molar-refractivity contribution < 1.29 is 18.0 Å². The highest BCUT2D eigenvalue weighted by atomic mass is 35.5. The molecule has 0 heterocycles. The standard InChI is InChI=1S/C31H38ClN3O4S/c1-7-24(5)33-31(37)25(6)34(19-26-9-8-10-27(32)18-26)30(36)20-35(29-16-13-22(3)17-23(29)4)40(38,39)28-14-11-21(2)12-15-28/h8-18,24-25H,7,19-20H2,1-6H3,(H,33,37). The molecule has 2 amide bonds. The third kappa shape index (κ3) is 7.64. The van der Waals surface area contributed by atoms with Crippen molar-refractivity contribution in [3.05, 3.63) is 94.0 Å². The summed E-state index contributed by atoms with van der Waals surface area (Å²) in [4.78, 5) is 28.7. The second kappa shape index (κ2) is 13.3. The fourth-order valence-electron chi connectivity index (χ4n) is 4.32. The fraction of sp³-hybridized carbons (Fsp3) is 0.355. The van der Waals surface area contributed by atoms with Gasteiger partial charge in [0.25, 0.3) is 10.0 Å². The lowest BCUT2D eigenvalue weighted by molar-refractivity contribution is -0.139. The molecule has 0 spiro atoms. The number of benzene rings is 3. The molecule has 7 nitrogen and oxygen atoms in total. The molecule has 40 heavy (non-hydrogen) atoms. The lowest BCUT2D eigenvalue weighted by atomic mass is 10.1. The van der Waals surface area contributed by atoms with Crippen LogP contribution in [0.2, 0.25) is 5.02 Å². The average molecular weight is 584 g/mol. The van der Waals surface area contributed by atoms with Gasteiger partial charge in [-0.1, -0.05) is 66.0 Å². The number of carbonyl (C=O) groups is 2. The van der Waals surface area contributed by atoms with Gasteiger partial charge in [-0.25, -0.2) is 8.42 Å². The Morgan fingerprint density at radius 2 is 1.57 bits per heavy atom. The molecule has 0 saturated heterocycles. The molecule has 214 valence electrons. The minimum absolute atomic E-state index is 0.0771. The molecule has 0 aliphatic rings. The van der Waals surface area contributed by atoms with Crippen LogP contribution in [0, 0.1) is 20.8 Å². The van der Waals surface area contributed by atoms with Crippen molar-refractivity contribution in [1.29, 1.82) is 0 Å². The maximum atomic E-state index is 14.0. The minimum atomic E-state index is -4.12. The number of aryl methyl sites for hydroxylation is 3. The van der Waals surface area contributed by atoms with Crippen molar-refractivity contribution in [3.63, 3.8) is 0 Å². The summed E-state index contributed by atoms with van der Waals surface area (Å²) in [6, 6.07) is 18.0. The van der Waals surface area contributed by atoms with E-state index < -0.39 is 28.5 Å². The summed E-state index contributed by atoms with van der Waals surface area (Å²) >= 11 is 6.20. The number of nitrogens with one attached hydrogen (secondary N) is 1. The van der Waals surface area contributed by atoms with Crippen molar-refractivity contribution in [2.24, 2.45) is 0 Å². The lowest BCUT2D eigenvalue weighted by Crippen LogP contribution is -2.52. The van der Waals surface area contributed by atoms with E-state index in [2.05, 4.69) is 5.32 Å². The highest BCUT2D eigenvalue weighted by molar-refractivity contribution is 7.92. The summed E-state index contributed by atoms with van der Waals surface area (Å²) in [5, 5.41) is 3.43. The van der Waals surface area contributed by atoms with Crippen LogP contribution in [0.25, 0.3) is 0 Å². The number of carbonyl (C=O) groups excluding carboxylic acids is 2. The Kier molecular flexibility index (Phi) is 10.4. The van der Waals surface area contributed by atoms with Gasteiger partial charge in [-0.3, -0.25) is 13.9 Å². The summed E-state index contributed by atoms with van der Waals surface area (Å²) in [5.74, 6) is -0.827. The predicted molar refractivity (Wildman–Crippen MR) is 161 cm³/mol. The van der Waals surface area contributed by atoms with Gasteiger partial charge in [-0.2, -0.15) is 0 Å². The number of hydrogen-bond donors (Lipinski definition) is 1. The van der Waals surface area contributed by atoms with E-state index in [0.29, 0.717) is 16.3 Å². The van der Waals surface area contributed by atoms with Gasteiger partial charge in [0, 0.05) is 17.6 Å².